The Bertz CT molecular complexity index is 627. The highest BCUT2D eigenvalue weighted by molar-refractivity contribution is 6.31. The Kier molecular flexibility index (Phi) is 4.22. The predicted octanol–water partition coefficient (Wildman–Crippen LogP) is 2.99. The minimum Gasteiger partial charge on any atom is -0.339 e. The van der Waals surface area contributed by atoms with Gasteiger partial charge in [0.25, 0.3) is 0 Å². The van der Waals surface area contributed by atoms with Gasteiger partial charge in [-0.25, -0.2) is 4.39 Å². The molecule has 0 bridgehead atoms. The van der Waals surface area contributed by atoms with Gasteiger partial charge < -0.3 is 9.84 Å². The Morgan fingerprint density at radius 2 is 2.29 bits per heavy atom. The van der Waals surface area contributed by atoms with Gasteiger partial charge in [0.15, 0.2) is 5.82 Å². The number of nitrogens with zero attached hydrogens (tertiary/aromatic N) is 2. The molecule has 1 heterocycles. The van der Waals surface area contributed by atoms with Crippen molar-refractivity contribution in [1.82, 2.24) is 15.5 Å². The van der Waals surface area contributed by atoms with Crippen molar-refractivity contribution >= 4 is 11.6 Å². The molecule has 21 heavy (non-hydrogen) atoms. The van der Waals surface area contributed by atoms with E-state index in [1.54, 1.807) is 6.07 Å². The molecule has 1 aliphatic rings. The van der Waals surface area contributed by atoms with E-state index in [9.17, 15) is 4.39 Å². The first-order valence-corrected chi connectivity index (χ1v) is 7.46. The van der Waals surface area contributed by atoms with Crippen LogP contribution in [0.2, 0.25) is 5.02 Å². The molecule has 1 unspecified atom stereocenters. The van der Waals surface area contributed by atoms with Crippen molar-refractivity contribution in [3.05, 3.63) is 46.3 Å². The number of hydrogen-bond acceptors (Lipinski definition) is 4. The first-order chi connectivity index (χ1) is 10.2. The van der Waals surface area contributed by atoms with E-state index < -0.39 is 0 Å². The molecule has 0 aliphatic heterocycles. The fourth-order valence-corrected chi connectivity index (χ4v) is 2.71. The third-order valence-electron chi connectivity index (χ3n) is 3.83. The molecule has 0 saturated heterocycles. The fraction of sp³-hybridized carbons (Fsp3) is 0.467. The van der Waals surface area contributed by atoms with E-state index in [4.69, 9.17) is 16.1 Å². The number of benzene rings is 1. The Morgan fingerprint density at radius 1 is 1.48 bits per heavy atom. The lowest BCUT2D eigenvalue weighted by Crippen LogP contribution is -2.29. The summed E-state index contributed by atoms with van der Waals surface area (Å²) in [4.78, 5) is 4.40. The zero-order valence-electron chi connectivity index (χ0n) is 11.8. The molecule has 0 radical (unpaired) electrons. The summed E-state index contributed by atoms with van der Waals surface area (Å²) in [6, 6.07) is 4.72. The number of hydrogen-bond donors (Lipinski definition) is 1. The van der Waals surface area contributed by atoms with Gasteiger partial charge in [0.05, 0.1) is 0 Å². The van der Waals surface area contributed by atoms with Crippen molar-refractivity contribution < 1.29 is 8.91 Å². The largest absolute Gasteiger partial charge is 0.339 e. The van der Waals surface area contributed by atoms with Gasteiger partial charge in [0.2, 0.25) is 5.89 Å². The maximum absolute atomic E-state index is 13.0. The molecular weight excluding hydrogens is 293 g/mol. The summed E-state index contributed by atoms with van der Waals surface area (Å²) in [6.45, 7) is 0. The average molecular weight is 310 g/mol. The highest BCUT2D eigenvalue weighted by atomic mass is 35.5. The van der Waals surface area contributed by atoms with E-state index >= 15 is 0 Å². The fourth-order valence-electron chi connectivity index (χ4n) is 2.47. The van der Waals surface area contributed by atoms with Crippen LogP contribution in [0.3, 0.4) is 0 Å². The van der Waals surface area contributed by atoms with Crippen LogP contribution in [0.1, 0.15) is 30.1 Å². The molecule has 1 aromatic carbocycles. The molecule has 1 aliphatic carbocycles. The molecule has 3 rings (SSSR count). The molecule has 112 valence electrons. The van der Waals surface area contributed by atoms with Crippen LogP contribution in [-0.4, -0.2) is 23.2 Å². The van der Waals surface area contributed by atoms with Gasteiger partial charge in [0, 0.05) is 23.9 Å². The lowest BCUT2D eigenvalue weighted by molar-refractivity contribution is 0.349. The van der Waals surface area contributed by atoms with Crippen LogP contribution >= 0.6 is 11.6 Å². The van der Waals surface area contributed by atoms with Gasteiger partial charge in [-0.05, 0) is 43.5 Å². The quantitative estimate of drug-likeness (QED) is 0.891. The molecule has 2 aromatic rings. The highest BCUT2D eigenvalue weighted by Crippen LogP contribution is 2.33. The maximum Gasteiger partial charge on any atom is 0.228 e. The molecule has 1 fully saturated rings. The van der Waals surface area contributed by atoms with Crippen molar-refractivity contribution in [2.24, 2.45) is 5.92 Å². The van der Waals surface area contributed by atoms with E-state index in [1.807, 2.05) is 7.05 Å². The van der Waals surface area contributed by atoms with Crippen LogP contribution in [-0.2, 0) is 12.8 Å². The van der Waals surface area contributed by atoms with E-state index in [0.29, 0.717) is 29.2 Å². The van der Waals surface area contributed by atoms with Crippen LogP contribution in [0.5, 0.6) is 0 Å². The number of rotatable bonds is 6. The van der Waals surface area contributed by atoms with Gasteiger partial charge in [0.1, 0.15) is 5.82 Å². The molecule has 1 N–H and O–H groups in total. The molecule has 4 nitrogen and oxygen atoms in total. The van der Waals surface area contributed by atoms with Crippen LogP contribution in [0, 0.1) is 11.7 Å². The first kappa shape index (κ1) is 14.5. The van der Waals surface area contributed by atoms with Crippen LogP contribution < -0.4 is 5.32 Å². The van der Waals surface area contributed by atoms with Crippen molar-refractivity contribution in [1.29, 1.82) is 0 Å². The normalized spacial score (nSPS) is 16.1. The van der Waals surface area contributed by atoms with Crippen LogP contribution in [0.4, 0.5) is 4.39 Å². The Labute approximate surface area is 127 Å². The summed E-state index contributed by atoms with van der Waals surface area (Å²) in [7, 11) is 1.96. The summed E-state index contributed by atoms with van der Waals surface area (Å²) in [5.74, 6) is 1.58. The number of nitrogens with one attached hydrogen (secondary N) is 1. The summed E-state index contributed by atoms with van der Waals surface area (Å²) >= 11 is 6.01. The standard InChI is InChI=1S/C15H17ClFN3O/c1-18-13(9-2-3-9)8-15-19-14(20-21-15)6-10-4-5-11(17)7-12(10)16/h4-5,7,9,13,18H,2-3,6,8H2,1H3. The monoisotopic (exact) mass is 309 g/mol. The lowest BCUT2D eigenvalue weighted by Gasteiger charge is -2.11. The third-order valence-corrected chi connectivity index (χ3v) is 4.18. The van der Waals surface area contributed by atoms with E-state index in [2.05, 4.69) is 15.5 Å². The molecule has 1 aromatic heterocycles. The van der Waals surface area contributed by atoms with Gasteiger partial charge >= 0.3 is 0 Å². The summed E-state index contributed by atoms with van der Waals surface area (Å²) in [6.07, 6.45) is 3.71. The average Bonchev–Trinajstić information content (AvgIpc) is 3.21. The van der Waals surface area contributed by atoms with Crippen molar-refractivity contribution in [2.45, 2.75) is 31.7 Å². The first-order valence-electron chi connectivity index (χ1n) is 7.08. The summed E-state index contributed by atoms with van der Waals surface area (Å²) in [5.41, 5.74) is 0.790. The zero-order valence-corrected chi connectivity index (χ0v) is 12.5. The Morgan fingerprint density at radius 3 is 2.95 bits per heavy atom. The SMILES string of the molecule is CNC(Cc1nc(Cc2ccc(F)cc2Cl)no1)C1CC1. The maximum atomic E-state index is 13.0. The van der Waals surface area contributed by atoms with Crippen LogP contribution in [0.25, 0.3) is 0 Å². The van der Waals surface area contributed by atoms with Crippen LogP contribution in [0.15, 0.2) is 22.7 Å². The van der Waals surface area contributed by atoms with Gasteiger partial charge in [-0.3, -0.25) is 0 Å². The van der Waals surface area contributed by atoms with Gasteiger partial charge in [-0.15, -0.1) is 0 Å². The van der Waals surface area contributed by atoms with E-state index in [-0.39, 0.29) is 5.82 Å². The van der Waals surface area contributed by atoms with E-state index in [1.165, 1.54) is 25.0 Å². The third kappa shape index (κ3) is 3.60. The number of aromatic nitrogens is 2. The smallest absolute Gasteiger partial charge is 0.228 e. The molecule has 1 saturated carbocycles. The predicted molar refractivity (Wildman–Crippen MR) is 77.8 cm³/mol. The van der Waals surface area contributed by atoms with Gasteiger partial charge in [-0.1, -0.05) is 22.8 Å². The minimum absolute atomic E-state index is 0.348. The summed E-state index contributed by atoms with van der Waals surface area (Å²) < 4.78 is 18.3. The topological polar surface area (TPSA) is 51.0 Å². The van der Waals surface area contributed by atoms with Gasteiger partial charge in [-0.2, -0.15) is 4.98 Å². The second-order valence-electron chi connectivity index (χ2n) is 5.45. The van der Waals surface area contributed by atoms with Crippen molar-refractivity contribution in [3.63, 3.8) is 0 Å². The summed E-state index contributed by atoms with van der Waals surface area (Å²) in [5, 5.41) is 7.65. The van der Waals surface area contributed by atoms with Crippen molar-refractivity contribution in [3.8, 4) is 0 Å². The van der Waals surface area contributed by atoms with Crippen molar-refractivity contribution in [2.75, 3.05) is 7.05 Å². The van der Waals surface area contributed by atoms with E-state index in [0.717, 1.165) is 17.9 Å². The number of likely N-dealkylation sites (N-methyl/N-ethyl adjacent to an activating group) is 1. The lowest BCUT2D eigenvalue weighted by atomic mass is 10.1. The second-order valence-corrected chi connectivity index (χ2v) is 5.86. The molecule has 0 spiro atoms. The highest BCUT2D eigenvalue weighted by Gasteiger charge is 2.31. The second kappa shape index (κ2) is 6.12. The minimum atomic E-state index is -0.348. The Balaban J connectivity index is 1.67. The molecular formula is C15H17ClFN3O. The molecule has 1 atom stereocenters. The molecule has 0 amide bonds. The zero-order chi connectivity index (χ0) is 14.8. The molecule has 6 heteroatoms. The Hall–Kier alpha value is -1.46. The number of halogens is 2.